The van der Waals surface area contributed by atoms with Crippen LogP contribution in [0, 0.1) is 5.82 Å². The number of benzene rings is 3. The molecule has 0 fully saturated rings. The maximum atomic E-state index is 13.8. The Morgan fingerprint density at radius 3 is 2.55 bits per heavy atom. The minimum atomic E-state index is -0.644. The molecule has 3 aromatic carbocycles. The highest BCUT2D eigenvalue weighted by molar-refractivity contribution is 5.99. The van der Waals surface area contributed by atoms with Crippen molar-refractivity contribution in [3.05, 3.63) is 89.7 Å². The molecule has 4 rings (SSSR count). The second-order valence-electron chi connectivity index (χ2n) is 7.03. The Morgan fingerprint density at radius 2 is 1.77 bits per heavy atom. The van der Waals surface area contributed by atoms with Gasteiger partial charge in [0.15, 0.2) is 12.4 Å². The number of rotatable bonds is 6. The summed E-state index contributed by atoms with van der Waals surface area (Å²) in [6.45, 7) is -0.368. The van der Waals surface area contributed by atoms with Crippen molar-refractivity contribution >= 4 is 22.8 Å². The zero-order valence-corrected chi connectivity index (χ0v) is 16.7. The van der Waals surface area contributed by atoms with E-state index in [2.05, 4.69) is 5.16 Å². The minimum absolute atomic E-state index is 0.0795. The molecule has 1 amide bonds. The van der Waals surface area contributed by atoms with Crippen LogP contribution in [0.1, 0.15) is 15.9 Å². The second kappa shape index (κ2) is 8.79. The van der Waals surface area contributed by atoms with Gasteiger partial charge in [-0.3, -0.25) is 4.79 Å². The van der Waals surface area contributed by atoms with Crippen LogP contribution >= 0.6 is 0 Å². The molecule has 1 aromatic heterocycles. The third-order valence-electron chi connectivity index (χ3n) is 4.87. The predicted molar refractivity (Wildman–Crippen MR) is 113 cm³/mol. The predicted octanol–water partition coefficient (Wildman–Crippen LogP) is 4.45. The number of fused-ring (bicyclic) bond motifs is 1. The number of carbonyl (C=O) groups excluding carboxylic acids is 2. The molecule has 4 aromatic rings. The Labute approximate surface area is 177 Å². The molecule has 0 spiro atoms. The van der Waals surface area contributed by atoms with Crippen molar-refractivity contribution in [3.63, 3.8) is 0 Å². The summed E-state index contributed by atoms with van der Waals surface area (Å²) in [5.74, 6) is -0.927. The van der Waals surface area contributed by atoms with Crippen LogP contribution in [0.3, 0.4) is 0 Å². The summed E-state index contributed by atoms with van der Waals surface area (Å²) in [6, 6.07) is 20.5. The lowest BCUT2D eigenvalue weighted by Crippen LogP contribution is -2.31. The van der Waals surface area contributed by atoms with Gasteiger partial charge in [0.2, 0.25) is 0 Å². The van der Waals surface area contributed by atoms with Crippen LogP contribution in [0.15, 0.2) is 77.3 Å². The van der Waals surface area contributed by atoms with E-state index in [1.54, 1.807) is 36.4 Å². The van der Waals surface area contributed by atoms with Crippen LogP contribution in [-0.4, -0.2) is 35.6 Å². The zero-order chi connectivity index (χ0) is 21.8. The normalized spacial score (nSPS) is 10.8. The average Bonchev–Trinajstić information content (AvgIpc) is 3.22. The number of esters is 1. The molecule has 0 saturated heterocycles. The first-order valence-electron chi connectivity index (χ1n) is 9.62. The van der Waals surface area contributed by atoms with E-state index in [0.717, 1.165) is 5.56 Å². The Bertz CT molecular complexity index is 1240. The fourth-order valence-corrected chi connectivity index (χ4v) is 3.16. The largest absolute Gasteiger partial charge is 0.452 e. The second-order valence-corrected chi connectivity index (χ2v) is 7.03. The molecule has 0 bridgehead atoms. The highest BCUT2D eigenvalue weighted by atomic mass is 19.1. The summed E-state index contributed by atoms with van der Waals surface area (Å²) in [6.07, 6.45) is 0. The maximum Gasteiger partial charge on any atom is 0.338 e. The molecule has 0 aliphatic carbocycles. The molecular formula is C24H19FN2O4. The molecule has 0 saturated carbocycles. The topological polar surface area (TPSA) is 72.6 Å². The summed E-state index contributed by atoms with van der Waals surface area (Å²) in [5.41, 5.74) is 2.10. The van der Waals surface area contributed by atoms with E-state index in [4.69, 9.17) is 9.26 Å². The van der Waals surface area contributed by atoms with Crippen molar-refractivity contribution < 1.29 is 23.2 Å². The summed E-state index contributed by atoms with van der Waals surface area (Å²) in [5, 5.41) is 4.69. The van der Waals surface area contributed by atoms with Crippen LogP contribution in [0.5, 0.6) is 0 Å². The first-order chi connectivity index (χ1) is 15.0. The SMILES string of the molecule is CN(Cc1ccccc1F)C(=O)COC(=O)c1ccc2noc(-c3ccccc3)c2c1. The van der Waals surface area contributed by atoms with E-state index in [-0.39, 0.29) is 12.1 Å². The fraction of sp³-hybridized carbons (Fsp3) is 0.125. The third-order valence-corrected chi connectivity index (χ3v) is 4.87. The van der Waals surface area contributed by atoms with Gasteiger partial charge in [0.05, 0.1) is 10.9 Å². The number of amides is 1. The first-order valence-corrected chi connectivity index (χ1v) is 9.62. The smallest absolute Gasteiger partial charge is 0.338 e. The Hall–Kier alpha value is -4.00. The number of hydrogen-bond donors (Lipinski definition) is 0. The number of aromatic nitrogens is 1. The molecule has 0 atom stereocenters. The number of likely N-dealkylation sites (N-methyl/N-ethyl adjacent to an activating group) is 1. The van der Waals surface area contributed by atoms with Crippen molar-refractivity contribution in [2.45, 2.75) is 6.54 Å². The van der Waals surface area contributed by atoms with Gasteiger partial charge in [-0.15, -0.1) is 0 Å². The Kier molecular flexibility index (Phi) is 5.75. The molecule has 0 radical (unpaired) electrons. The zero-order valence-electron chi connectivity index (χ0n) is 16.7. The molecule has 6 nitrogen and oxygen atoms in total. The van der Waals surface area contributed by atoms with E-state index in [1.807, 2.05) is 30.3 Å². The Morgan fingerprint density at radius 1 is 1.03 bits per heavy atom. The van der Waals surface area contributed by atoms with Crippen molar-refractivity contribution in [3.8, 4) is 11.3 Å². The van der Waals surface area contributed by atoms with E-state index in [0.29, 0.717) is 22.2 Å². The van der Waals surface area contributed by atoms with Crippen LogP contribution in [0.25, 0.3) is 22.2 Å². The van der Waals surface area contributed by atoms with Gasteiger partial charge in [-0.2, -0.15) is 0 Å². The summed E-state index contributed by atoms with van der Waals surface area (Å²) in [4.78, 5) is 26.1. The monoisotopic (exact) mass is 418 g/mol. The molecule has 0 aliphatic heterocycles. The van der Waals surface area contributed by atoms with E-state index in [1.165, 1.54) is 18.0 Å². The van der Waals surface area contributed by atoms with Crippen molar-refractivity contribution in [2.24, 2.45) is 0 Å². The van der Waals surface area contributed by atoms with Gasteiger partial charge >= 0.3 is 5.97 Å². The van der Waals surface area contributed by atoms with Gasteiger partial charge in [0, 0.05) is 24.7 Å². The number of ether oxygens (including phenoxy) is 1. The highest BCUT2D eigenvalue weighted by Crippen LogP contribution is 2.29. The number of halogens is 1. The highest BCUT2D eigenvalue weighted by Gasteiger charge is 2.17. The lowest BCUT2D eigenvalue weighted by molar-refractivity contribution is -0.133. The van der Waals surface area contributed by atoms with Crippen LogP contribution < -0.4 is 0 Å². The van der Waals surface area contributed by atoms with Crippen LogP contribution in [0.2, 0.25) is 0 Å². The molecule has 7 heteroatoms. The third kappa shape index (κ3) is 4.45. The van der Waals surface area contributed by atoms with Gasteiger partial charge in [0.25, 0.3) is 5.91 Å². The van der Waals surface area contributed by atoms with Gasteiger partial charge in [-0.05, 0) is 24.3 Å². The minimum Gasteiger partial charge on any atom is -0.452 e. The first kappa shape index (κ1) is 20.3. The molecule has 0 N–H and O–H groups in total. The number of hydrogen-bond acceptors (Lipinski definition) is 5. The molecule has 31 heavy (non-hydrogen) atoms. The number of nitrogens with zero attached hydrogens (tertiary/aromatic N) is 2. The standard InChI is InChI=1S/C24H19FN2O4/c1-27(14-18-9-5-6-10-20(18)25)22(28)15-30-24(29)17-11-12-21-19(13-17)23(31-26-21)16-7-3-2-4-8-16/h2-13H,14-15H2,1H3. The van der Waals surface area contributed by atoms with E-state index < -0.39 is 24.3 Å². The van der Waals surface area contributed by atoms with Gasteiger partial charge < -0.3 is 14.2 Å². The van der Waals surface area contributed by atoms with E-state index >= 15 is 0 Å². The molecular weight excluding hydrogens is 399 g/mol. The van der Waals surface area contributed by atoms with E-state index in [9.17, 15) is 14.0 Å². The van der Waals surface area contributed by atoms with Crippen molar-refractivity contribution in [1.29, 1.82) is 0 Å². The molecule has 0 unspecified atom stereocenters. The fourth-order valence-electron chi connectivity index (χ4n) is 3.16. The van der Waals surface area contributed by atoms with Crippen molar-refractivity contribution in [2.75, 3.05) is 13.7 Å². The molecule has 0 aliphatic rings. The van der Waals surface area contributed by atoms with Crippen LogP contribution in [0.4, 0.5) is 4.39 Å². The quantitative estimate of drug-likeness (QED) is 0.433. The lowest BCUT2D eigenvalue weighted by Gasteiger charge is -2.17. The maximum absolute atomic E-state index is 13.8. The van der Waals surface area contributed by atoms with Gasteiger partial charge in [-0.25, -0.2) is 9.18 Å². The molecule has 156 valence electrons. The lowest BCUT2D eigenvalue weighted by atomic mass is 10.1. The Balaban J connectivity index is 1.44. The summed E-state index contributed by atoms with van der Waals surface area (Å²) in [7, 11) is 1.53. The summed E-state index contributed by atoms with van der Waals surface area (Å²) < 4.78 is 24.4. The van der Waals surface area contributed by atoms with Gasteiger partial charge in [-0.1, -0.05) is 53.7 Å². The van der Waals surface area contributed by atoms with Crippen LogP contribution in [-0.2, 0) is 16.1 Å². The number of carbonyl (C=O) groups is 2. The average molecular weight is 418 g/mol. The molecule has 1 heterocycles. The van der Waals surface area contributed by atoms with Crippen molar-refractivity contribution in [1.82, 2.24) is 10.1 Å². The summed E-state index contributed by atoms with van der Waals surface area (Å²) >= 11 is 0. The van der Waals surface area contributed by atoms with Gasteiger partial charge in [0.1, 0.15) is 11.3 Å².